The summed E-state index contributed by atoms with van der Waals surface area (Å²) in [5, 5.41) is 11.9. The van der Waals surface area contributed by atoms with Gasteiger partial charge in [0, 0.05) is 16.2 Å². The van der Waals surface area contributed by atoms with E-state index < -0.39 is 0 Å². The summed E-state index contributed by atoms with van der Waals surface area (Å²) in [7, 11) is 0. The molecule has 0 atom stereocenters. The molecule has 104 valence electrons. The third-order valence-corrected chi connectivity index (χ3v) is 3.50. The molecule has 0 bridgehead atoms. The fourth-order valence-corrected chi connectivity index (χ4v) is 2.68. The van der Waals surface area contributed by atoms with Crippen LogP contribution in [-0.2, 0) is 4.79 Å². The lowest BCUT2D eigenvalue weighted by molar-refractivity contribution is -0.118. The number of hydrogen-bond acceptors (Lipinski definition) is 3. The monoisotopic (exact) mass is 399 g/mol. The van der Waals surface area contributed by atoms with Crippen molar-refractivity contribution in [3.8, 4) is 11.5 Å². The molecule has 0 heterocycles. The highest BCUT2D eigenvalue weighted by molar-refractivity contribution is 9.11. The van der Waals surface area contributed by atoms with Crippen LogP contribution in [0.15, 0.2) is 51.4 Å². The van der Waals surface area contributed by atoms with E-state index in [9.17, 15) is 9.90 Å². The molecule has 0 aliphatic carbocycles. The van der Waals surface area contributed by atoms with Crippen molar-refractivity contribution in [1.29, 1.82) is 0 Å². The van der Waals surface area contributed by atoms with Crippen LogP contribution in [0.3, 0.4) is 0 Å². The zero-order valence-corrected chi connectivity index (χ0v) is 13.4. The van der Waals surface area contributed by atoms with Gasteiger partial charge >= 0.3 is 0 Å². The highest BCUT2D eigenvalue weighted by Crippen LogP contribution is 2.28. The van der Waals surface area contributed by atoms with Gasteiger partial charge in [0.15, 0.2) is 6.61 Å². The van der Waals surface area contributed by atoms with E-state index in [-0.39, 0.29) is 18.3 Å². The summed E-state index contributed by atoms with van der Waals surface area (Å²) in [6.45, 7) is -0.115. The van der Waals surface area contributed by atoms with E-state index in [2.05, 4.69) is 37.2 Å². The lowest BCUT2D eigenvalue weighted by Gasteiger charge is -2.09. The summed E-state index contributed by atoms with van der Waals surface area (Å²) in [5.41, 5.74) is 0.522. The molecule has 0 aliphatic heterocycles. The topological polar surface area (TPSA) is 58.6 Å². The van der Waals surface area contributed by atoms with Gasteiger partial charge in [0.25, 0.3) is 5.91 Å². The zero-order chi connectivity index (χ0) is 14.5. The average Bonchev–Trinajstić information content (AvgIpc) is 2.37. The molecule has 2 aromatic rings. The molecule has 2 aromatic carbocycles. The van der Waals surface area contributed by atoms with Crippen molar-refractivity contribution < 1.29 is 14.6 Å². The lowest BCUT2D eigenvalue weighted by Crippen LogP contribution is -2.20. The molecule has 0 radical (unpaired) electrons. The SMILES string of the molecule is O=C(COc1ccc(Br)cc1Br)Nc1cccc(O)c1. The Bertz CT molecular complexity index is 632. The van der Waals surface area contributed by atoms with Gasteiger partial charge in [-0.05, 0) is 46.3 Å². The number of carbonyl (C=O) groups is 1. The van der Waals surface area contributed by atoms with E-state index in [0.29, 0.717) is 11.4 Å². The van der Waals surface area contributed by atoms with E-state index >= 15 is 0 Å². The summed E-state index contributed by atoms with van der Waals surface area (Å²) in [6.07, 6.45) is 0. The van der Waals surface area contributed by atoms with Crippen LogP contribution >= 0.6 is 31.9 Å². The van der Waals surface area contributed by atoms with Gasteiger partial charge in [0.05, 0.1) is 4.47 Å². The highest BCUT2D eigenvalue weighted by Gasteiger charge is 2.07. The van der Waals surface area contributed by atoms with Gasteiger partial charge in [0.1, 0.15) is 11.5 Å². The first-order chi connectivity index (χ1) is 9.54. The number of phenolic OH excluding ortho intramolecular Hbond substituents is 1. The first-order valence-corrected chi connectivity index (χ1v) is 7.30. The number of halogens is 2. The highest BCUT2D eigenvalue weighted by atomic mass is 79.9. The molecule has 0 aromatic heterocycles. The minimum absolute atomic E-state index is 0.0966. The Kier molecular flexibility index (Phi) is 5.03. The summed E-state index contributed by atoms with van der Waals surface area (Å²) >= 11 is 6.69. The molecule has 0 fully saturated rings. The maximum Gasteiger partial charge on any atom is 0.262 e. The van der Waals surface area contributed by atoms with Crippen molar-refractivity contribution in [2.75, 3.05) is 11.9 Å². The molecule has 2 rings (SSSR count). The lowest BCUT2D eigenvalue weighted by atomic mass is 10.3. The number of amides is 1. The maximum absolute atomic E-state index is 11.7. The van der Waals surface area contributed by atoms with E-state index in [1.165, 1.54) is 12.1 Å². The van der Waals surface area contributed by atoms with Crippen molar-refractivity contribution in [1.82, 2.24) is 0 Å². The molecule has 0 aliphatic rings. The number of rotatable bonds is 4. The molecular formula is C14H11Br2NO3. The Balaban J connectivity index is 1.92. The van der Waals surface area contributed by atoms with Crippen LogP contribution < -0.4 is 10.1 Å². The summed E-state index contributed by atoms with van der Waals surface area (Å²) in [6, 6.07) is 11.8. The number of ether oxygens (including phenoxy) is 1. The molecule has 0 saturated carbocycles. The van der Waals surface area contributed by atoms with E-state index in [1.54, 1.807) is 18.2 Å². The van der Waals surface area contributed by atoms with Crippen LogP contribution in [0, 0.1) is 0 Å². The molecule has 0 spiro atoms. The number of nitrogens with one attached hydrogen (secondary N) is 1. The summed E-state index contributed by atoms with van der Waals surface area (Å²) in [5.74, 6) is 0.379. The Morgan fingerprint density at radius 2 is 2.00 bits per heavy atom. The fourth-order valence-electron chi connectivity index (χ4n) is 1.52. The largest absolute Gasteiger partial charge is 0.508 e. The standard InChI is InChI=1S/C14H11Br2NO3/c15-9-4-5-13(12(16)6-9)20-8-14(19)17-10-2-1-3-11(18)7-10/h1-7,18H,8H2,(H,17,19). The Hall–Kier alpha value is -1.53. The number of hydrogen-bond donors (Lipinski definition) is 2. The molecule has 0 saturated heterocycles. The van der Waals surface area contributed by atoms with Gasteiger partial charge in [0.2, 0.25) is 0 Å². The second-order valence-electron chi connectivity index (χ2n) is 3.96. The van der Waals surface area contributed by atoms with Crippen molar-refractivity contribution >= 4 is 43.5 Å². The third-order valence-electron chi connectivity index (χ3n) is 2.38. The average molecular weight is 401 g/mol. The normalized spacial score (nSPS) is 10.1. The van der Waals surface area contributed by atoms with Crippen LogP contribution in [0.4, 0.5) is 5.69 Å². The molecule has 4 nitrogen and oxygen atoms in total. The smallest absolute Gasteiger partial charge is 0.262 e. The van der Waals surface area contributed by atoms with Crippen molar-refractivity contribution in [2.24, 2.45) is 0 Å². The molecular weight excluding hydrogens is 390 g/mol. The Labute approximate surface area is 133 Å². The van der Waals surface area contributed by atoms with Gasteiger partial charge in [-0.1, -0.05) is 22.0 Å². The Morgan fingerprint density at radius 1 is 1.20 bits per heavy atom. The fraction of sp³-hybridized carbons (Fsp3) is 0.0714. The van der Waals surface area contributed by atoms with Gasteiger partial charge in [-0.25, -0.2) is 0 Å². The van der Waals surface area contributed by atoms with Crippen LogP contribution in [-0.4, -0.2) is 17.6 Å². The van der Waals surface area contributed by atoms with E-state index in [1.807, 2.05) is 12.1 Å². The zero-order valence-electron chi connectivity index (χ0n) is 10.3. The van der Waals surface area contributed by atoms with Crippen LogP contribution in [0.25, 0.3) is 0 Å². The quantitative estimate of drug-likeness (QED) is 0.817. The second kappa shape index (κ2) is 6.76. The molecule has 1 amide bonds. The van der Waals surface area contributed by atoms with Crippen LogP contribution in [0.5, 0.6) is 11.5 Å². The van der Waals surface area contributed by atoms with Crippen molar-refractivity contribution in [3.05, 3.63) is 51.4 Å². The molecule has 2 N–H and O–H groups in total. The number of benzene rings is 2. The van der Waals surface area contributed by atoms with E-state index in [4.69, 9.17) is 4.74 Å². The predicted octanol–water partition coefficient (Wildman–Crippen LogP) is 3.93. The van der Waals surface area contributed by atoms with E-state index in [0.717, 1.165) is 8.95 Å². The summed E-state index contributed by atoms with van der Waals surface area (Å²) in [4.78, 5) is 11.7. The number of carbonyl (C=O) groups excluding carboxylic acids is 1. The molecule has 0 unspecified atom stereocenters. The third kappa shape index (κ3) is 4.25. The number of phenols is 1. The first-order valence-electron chi connectivity index (χ1n) is 5.71. The summed E-state index contributed by atoms with van der Waals surface area (Å²) < 4.78 is 7.09. The number of aromatic hydroxyl groups is 1. The minimum atomic E-state index is -0.301. The maximum atomic E-state index is 11.7. The van der Waals surface area contributed by atoms with Crippen molar-refractivity contribution in [3.63, 3.8) is 0 Å². The van der Waals surface area contributed by atoms with Crippen LogP contribution in [0.1, 0.15) is 0 Å². The van der Waals surface area contributed by atoms with Crippen molar-refractivity contribution in [2.45, 2.75) is 0 Å². The van der Waals surface area contributed by atoms with Gasteiger partial charge in [-0.3, -0.25) is 4.79 Å². The Morgan fingerprint density at radius 3 is 2.70 bits per heavy atom. The first kappa shape index (κ1) is 14.9. The predicted molar refractivity (Wildman–Crippen MR) is 84.1 cm³/mol. The van der Waals surface area contributed by atoms with Gasteiger partial charge < -0.3 is 15.2 Å². The molecule has 6 heteroatoms. The van der Waals surface area contributed by atoms with Gasteiger partial charge in [-0.2, -0.15) is 0 Å². The minimum Gasteiger partial charge on any atom is -0.508 e. The van der Waals surface area contributed by atoms with Crippen LogP contribution in [0.2, 0.25) is 0 Å². The number of anilines is 1. The van der Waals surface area contributed by atoms with Gasteiger partial charge in [-0.15, -0.1) is 0 Å². The molecule has 20 heavy (non-hydrogen) atoms. The second-order valence-corrected chi connectivity index (χ2v) is 5.73.